The average Bonchev–Trinajstić information content (AvgIpc) is 3.09. The Morgan fingerprint density at radius 3 is 2.67 bits per heavy atom. The first-order valence-electron chi connectivity index (χ1n) is 8.36. The van der Waals surface area contributed by atoms with Gasteiger partial charge in [-0.05, 0) is 49.1 Å². The van der Waals surface area contributed by atoms with E-state index in [0.29, 0.717) is 23.7 Å². The van der Waals surface area contributed by atoms with E-state index in [1.807, 2.05) is 17.0 Å². The molecule has 2 aliphatic rings. The van der Waals surface area contributed by atoms with Crippen molar-refractivity contribution in [2.24, 2.45) is 0 Å². The van der Waals surface area contributed by atoms with Gasteiger partial charge in [-0.25, -0.2) is 0 Å². The van der Waals surface area contributed by atoms with Crippen LogP contribution in [0.5, 0.6) is 0 Å². The summed E-state index contributed by atoms with van der Waals surface area (Å²) in [6.07, 6.45) is 3.32. The van der Waals surface area contributed by atoms with Crippen LogP contribution in [0.4, 0.5) is 5.82 Å². The van der Waals surface area contributed by atoms with E-state index < -0.39 is 0 Å². The van der Waals surface area contributed by atoms with Crippen molar-refractivity contribution in [1.29, 1.82) is 0 Å². The lowest BCUT2D eigenvalue weighted by atomic mass is 10.1. The van der Waals surface area contributed by atoms with E-state index in [4.69, 9.17) is 11.6 Å². The Morgan fingerprint density at radius 1 is 1.04 bits per heavy atom. The fraction of sp³-hybridized carbons (Fsp3) is 0.389. The zero-order valence-electron chi connectivity index (χ0n) is 13.4. The molecule has 6 heteroatoms. The maximum atomic E-state index is 12.6. The summed E-state index contributed by atoms with van der Waals surface area (Å²) in [5, 5.41) is 9.32. The Balaban J connectivity index is 1.42. The number of carbonyl (C=O) groups excluding carboxylic acids is 1. The quantitative estimate of drug-likeness (QED) is 0.841. The van der Waals surface area contributed by atoms with Gasteiger partial charge in [-0.1, -0.05) is 17.7 Å². The standard InChI is InChI=1S/C18H19ClN4O/c19-15-5-1-4-14(11-15)18(24)23-9-7-22(8-10-23)17-12-13-3-2-6-16(13)20-21-17/h1,4-5,11-12H,2-3,6-10H2. The van der Waals surface area contributed by atoms with Gasteiger partial charge in [-0.3, -0.25) is 4.79 Å². The van der Waals surface area contributed by atoms with E-state index >= 15 is 0 Å². The number of piperazine rings is 1. The molecule has 1 saturated heterocycles. The Labute approximate surface area is 146 Å². The van der Waals surface area contributed by atoms with Gasteiger partial charge in [-0.15, -0.1) is 5.10 Å². The van der Waals surface area contributed by atoms with Crippen molar-refractivity contribution < 1.29 is 4.79 Å². The highest BCUT2D eigenvalue weighted by Gasteiger charge is 2.24. The number of benzene rings is 1. The molecule has 0 bridgehead atoms. The highest BCUT2D eigenvalue weighted by Crippen LogP contribution is 2.23. The van der Waals surface area contributed by atoms with Crippen LogP contribution < -0.4 is 4.90 Å². The summed E-state index contributed by atoms with van der Waals surface area (Å²) in [7, 11) is 0. The molecule has 0 N–H and O–H groups in total. The van der Waals surface area contributed by atoms with E-state index in [-0.39, 0.29) is 5.91 Å². The summed E-state index contributed by atoms with van der Waals surface area (Å²) in [6.45, 7) is 2.92. The van der Waals surface area contributed by atoms with Crippen molar-refractivity contribution >= 4 is 23.3 Å². The van der Waals surface area contributed by atoms with Crippen molar-refractivity contribution in [2.75, 3.05) is 31.1 Å². The van der Waals surface area contributed by atoms with Gasteiger partial charge in [-0.2, -0.15) is 5.10 Å². The average molecular weight is 343 g/mol. The van der Waals surface area contributed by atoms with Gasteiger partial charge in [0.2, 0.25) is 0 Å². The largest absolute Gasteiger partial charge is 0.352 e. The summed E-state index contributed by atoms with van der Waals surface area (Å²) >= 11 is 5.98. The van der Waals surface area contributed by atoms with E-state index in [1.165, 1.54) is 12.0 Å². The SMILES string of the molecule is O=C(c1cccc(Cl)c1)N1CCN(c2cc3c(nn2)CCC3)CC1. The Hall–Kier alpha value is -2.14. The summed E-state index contributed by atoms with van der Waals surface area (Å²) in [5.41, 5.74) is 3.12. The number of hydrogen-bond donors (Lipinski definition) is 0. The maximum Gasteiger partial charge on any atom is 0.254 e. The van der Waals surface area contributed by atoms with Crippen molar-refractivity contribution in [3.63, 3.8) is 0 Å². The highest BCUT2D eigenvalue weighted by molar-refractivity contribution is 6.30. The lowest BCUT2D eigenvalue weighted by Gasteiger charge is -2.35. The normalized spacial score (nSPS) is 17.0. The number of rotatable bonds is 2. The number of fused-ring (bicyclic) bond motifs is 1. The molecule has 1 aliphatic heterocycles. The third-order valence-corrected chi connectivity index (χ3v) is 5.00. The topological polar surface area (TPSA) is 49.3 Å². The Bertz CT molecular complexity index is 771. The summed E-state index contributed by atoms with van der Waals surface area (Å²) < 4.78 is 0. The summed E-state index contributed by atoms with van der Waals surface area (Å²) in [5.74, 6) is 0.975. The third-order valence-electron chi connectivity index (χ3n) is 4.77. The number of aryl methyl sites for hydroxylation is 2. The minimum atomic E-state index is 0.0391. The van der Waals surface area contributed by atoms with Gasteiger partial charge in [0, 0.05) is 36.8 Å². The van der Waals surface area contributed by atoms with Crippen molar-refractivity contribution in [2.45, 2.75) is 19.3 Å². The molecule has 124 valence electrons. The van der Waals surface area contributed by atoms with Crippen molar-refractivity contribution in [3.8, 4) is 0 Å². The zero-order valence-corrected chi connectivity index (χ0v) is 14.2. The molecule has 1 aliphatic carbocycles. The molecule has 0 radical (unpaired) electrons. The number of carbonyl (C=O) groups is 1. The fourth-order valence-electron chi connectivity index (χ4n) is 3.41. The predicted molar refractivity (Wildman–Crippen MR) is 93.6 cm³/mol. The van der Waals surface area contributed by atoms with Crippen LogP contribution in [0.1, 0.15) is 28.0 Å². The molecule has 1 aromatic heterocycles. The smallest absolute Gasteiger partial charge is 0.254 e. The lowest BCUT2D eigenvalue weighted by Crippen LogP contribution is -2.49. The van der Waals surface area contributed by atoms with Crippen LogP contribution in [0.25, 0.3) is 0 Å². The number of anilines is 1. The first-order chi connectivity index (χ1) is 11.7. The maximum absolute atomic E-state index is 12.6. The van der Waals surface area contributed by atoms with Crippen molar-refractivity contribution in [3.05, 3.63) is 52.2 Å². The lowest BCUT2D eigenvalue weighted by molar-refractivity contribution is 0.0746. The number of nitrogens with zero attached hydrogens (tertiary/aromatic N) is 4. The highest BCUT2D eigenvalue weighted by atomic mass is 35.5. The second-order valence-corrected chi connectivity index (χ2v) is 6.75. The molecule has 0 saturated carbocycles. The molecule has 2 heterocycles. The van der Waals surface area contributed by atoms with Gasteiger partial charge < -0.3 is 9.80 Å². The zero-order chi connectivity index (χ0) is 16.5. The first-order valence-corrected chi connectivity index (χ1v) is 8.74. The van der Waals surface area contributed by atoms with Crippen LogP contribution in [0.2, 0.25) is 5.02 Å². The van der Waals surface area contributed by atoms with Gasteiger partial charge >= 0.3 is 0 Å². The molecule has 24 heavy (non-hydrogen) atoms. The molecular formula is C18H19ClN4O. The van der Waals surface area contributed by atoms with Crippen LogP contribution in [0.15, 0.2) is 30.3 Å². The van der Waals surface area contributed by atoms with Crippen LogP contribution in [-0.4, -0.2) is 47.2 Å². The number of hydrogen-bond acceptors (Lipinski definition) is 4. The Morgan fingerprint density at radius 2 is 1.88 bits per heavy atom. The van der Waals surface area contributed by atoms with E-state index in [1.54, 1.807) is 12.1 Å². The molecule has 0 atom stereocenters. The van der Waals surface area contributed by atoms with Crippen LogP contribution >= 0.6 is 11.6 Å². The minimum Gasteiger partial charge on any atom is -0.352 e. The monoisotopic (exact) mass is 342 g/mol. The molecule has 2 aromatic rings. The minimum absolute atomic E-state index is 0.0391. The fourth-order valence-corrected chi connectivity index (χ4v) is 3.60. The van der Waals surface area contributed by atoms with E-state index in [0.717, 1.165) is 37.4 Å². The van der Waals surface area contributed by atoms with Gasteiger partial charge in [0.25, 0.3) is 5.91 Å². The van der Waals surface area contributed by atoms with Crippen LogP contribution in [0, 0.1) is 0 Å². The molecule has 1 fully saturated rings. The second kappa shape index (κ2) is 6.40. The number of halogens is 1. The van der Waals surface area contributed by atoms with Crippen LogP contribution in [-0.2, 0) is 12.8 Å². The third kappa shape index (κ3) is 2.96. The van der Waals surface area contributed by atoms with Gasteiger partial charge in [0.05, 0.1) is 5.69 Å². The molecule has 1 aromatic carbocycles. The Kier molecular flexibility index (Phi) is 4.10. The number of aromatic nitrogens is 2. The van der Waals surface area contributed by atoms with Gasteiger partial charge in [0.15, 0.2) is 5.82 Å². The molecule has 1 amide bonds. The van der Waals surface area contributed by atoms with Crippen molar-refractivity contribution in [1.82, 2.24) is 15.1 Å². The predicted octanol–water partition coefficient (Wildman–Crippen LogP) is 2.58. The second-order valence-electron chi connectivity index (χ2n) is 6.32. The molecule has 0 spiro atoms. The summed E-state index contributed by atoms with van der Waals surface area (Å²) in [6, 6.07) is 9.30. The van der Waals surface area contributed by atoms with Gasteiger partial charge in [0.1, 0.15) is 0 Å². The molecule has 0 unspecified atom stereocenters. The first kappa shape index (κ1) is 15.4. The molecule has 5 nitrogen and oxygen atoms in total. The van der Waals surface area contributed by atoms with Crippen LogP contribution in [0.3, 0.4) is 0 Å². The number of amides is 1. The van der Waals surface area contributed by atoms with E-state index in [2.05, 4.69) is 21.2 Å². The molecule has 4 rings (SSSR count). The van der Waals surface area contributed by atoms with E-state index in [9.17, 15) is 4.79 Å². The molecular weight excluding hydrogens is 324 g/mol. The summed E-state index contributed by atoms with van der Waals surface area (Å²) in [4.78, 5) is 16.7.